The Hall–Kier alpha value is -2.86. The van der Waals surface area contributed by atoms with E-state index in [1.54, 1.807) is 0 Å². The van der Waals surface area contributed by atoms with E-state index in [1.807, 2.05) is 35.2 Å². The van der Waals surface area contributed by atoms with Gasteiger partial charge in [-0.25, -0.2) is 4.79 Å². The molecule has 2 aliphatic heterocycles. The van der Waals surface area contributed by atoms with Gasteiger partial charge in [-0.15, -0.1) is 0 Å². The summed E-state index contributed by atoms with van der Waals surface area (Å²) in [4.78, 5) is 29.5. The van der Waals surface area contributed by atoms with E-state index < -0.39 is 12.0 Å². The van der Waals surface area contributed by atoms with Crippen LogP contribution in [0.2, 0.25) is 0 Å². The van der Waals surface area contributed by atoms with Crippen molar-refractivity contribution < 1.29 is 14.7 Å². The highest BCUT2D eigenvalue weighted by molar-refractivity contribution is 5.81. The lowest BCUT2D eigenvalue weighted by Crippen LogP contribution is -2.56. The summed E-state index contributed by atoms with van der Waals surface area (Å²) in [5, 5.41) is 11.7. The number of fused-ring (bicyclic) bond motifs is 2. The third kappa shape index (κ3) is 4.62. The van der Waals surface area contributed by atoms with Gasteiger partial charge < -0.3 is 15.3 Å². The molecule has 0 saturated carbocycles. The van der Waals surface area contributed by atoms with Gasteiger partial charge in [0, 0.05) is 31.7 Å². The number of nitrogens with zero attached hydrogens (tertiary/aromatic N) is 2. The van der Waals surface area contributed by atoms with Crippen LogP contribution in [-0.4, -0.2) is 60.1 Å². The molecule has 2 aromatic carbocycles. The zero-order chi connectivity index (χ0) is 23.4. The third-order valence-electron chi connectivity index (χ3n) is 7.81. The molecular formula is C27H35N3O3. The number of hydrogen-bond donors (Lipinski definition) is 2. The SMILES string of the molecule is CCC(c1ccccc1)C(CNC(=O)O)C(=O)N1CCC2(CC1)c1ccccc1CCN2C. The topological polar surface area (TPSA) is 72.9 Å². The minimum absolute atomic E-state index is 0.0238. The molecule has 0 aromatic heterocycles. The van der Waals surface area contributed by atoms with E-state index in [2.05, 4.69) is 48.5 Å². The minimum atomic E-state index is -1.09. The lowest BCUT2D eigenvalue weighted by molar-refractivity contribution is -0.139. The van der Waals surface area contributed by atoms with Crippen LogP contribution in [0, 0.1) is 5.92 Å². The number of hydrogen-bond acceptors (Lipinski definition) is 3. The molecule has 1 fully saturated rings. The standard InChI is InChI=1S/C27H35N3O3/c1-3-22(20-9-5-4-6-10-20)23(19-28-26(32)33)25(31)30-17-14-27(15-18-30)24-12-8-7-11-21(24)13-16-29(27)2/h4-12,22-23,28H,3,13-19H2,1-2H3,(H,32,33). The number of likely N-dealkylation sites (tertiary alicyclic amines) is 1. The summed E-state index contributed by atoms with van der Waals surface area (Å²) in [5.74, 6) is -0.389. The molecule has 176 valence electrons. The highest BCUT2D eigenvalue weighted by Gasteiger charge is 2.44. The lowest BCUT2D eigenvalue weighted by Gasteiger charge is -2.51. The second kappa shape index (κ2) is 9.96. The van der Waals surface area contributed by atoms with Gasteiger partial charge in [0.25, 0.3) is 0 Å². The largest absolute Gasteiger partial charge is 0.465 e. The number of carbonyl (C=O) groups is 2. The Balaban J connectivity index is 1.54. The Morgan fingerprint density at radius 1 is 1.03 bits per heavy atom. The predicted octanol–water partition coefficient (Wildman–Crippen LogP) is 4.07. The Kier molecular flexibility index (Phi) is 7.03. The van der Waals surface area contributed by atoms with Crippen LogP contribution in [0.3, 0.4) is 0 Å². The fourth-order valence-corrected chi connectivity index (χ4v) is 5.93. The van der Waals surface area contributed by atoms with Crippen LogP contribution >= 0.6 is 0 Å². The Bertz CT molecular complexity index is 970. The lowest BCUT2D eigenvalue weighted by atomic mass is 9.74. The van der Waals surface area contributed by atoms with Crippen molar-refractivity contribution in [3.63, 3.8) is 0 Å². The quantitative estimate of drug-likeness (QED) is 0.697. The molecule has 0 aliphatic carbocycles. The summed E-state index contributed by atoms with van der Waals surface area (Å²) >= 11 is 0. The average molecular weight is 450 g/mol. The normalized spacial score (nSPS) is 19.5. The van der Waals surface area contributed by atoms with E-state index in [4.69, 9.17) is 0 Å². The molecule has 33 heavy (non-hydrogen) atoms. The molecule has 4 rings (SSSR count). The summed E-state index contributed by atoms with van der Waals surface area (Å²) in [6, 6.07) is 18.7. The molecule has 1 spiro atoms. The van der Waals surface area contributed by atoms with Crippen molar-refractivity contribution in [1.82, 2.24) is 15.1 Å². The van der Waals surface area contributed by atoms with Crippen LogP contribution in [0.1, 0.15) is 48.8 Å². The van der Waals surface area contributed by atoms with Gasteiger partial charge >= 0.3 is 6.09 Å². The van der Waals surface area contributed by atoms with E-state index in [-0.39, 0.29) is 23.9 Å². The average Bonchev–Trinajstić information content (AvgIpc) is 2.85. The van der Waals surface area contributed by atoms with Gasteiger partial charge in [0.2, 0.25) is 5.91 Å². The van der Waals surface area contributed by atoms with Crippen molar-refractivity contribution in [3.05, 3.63) is 71.3 Å². The van der Waals surface area contributed by atoms with Crippen molar-refractivity contribution in [1.29, 1.82) is 0 Å². The smallest absolute Gasteiger partial charge is 0.404 e. The van der Waals surface area contributed by atoms with Gasteiger partial charge in [-0.05, 0) is 55.3 Å². The van der Waals surface area contributed by atoms with Crippen LogP contribution in [0.15, 0.2) is 54.6 Å². The summed E-state index contributed by atoms with van der Waals surface area (Å²) in [6.45, 7) is 4.60. The fraction of sp³-hybridized carbons (Fsp3) is 0.481. The maximum Gasteiger partial charge on any atom is 0.404 e. The number of nitrogens with one attached hydrogen (secondary N) is 1. The number of carboxylic acid groups (broad SMARTS) is 1. The Morgan fingerprint density at radius 3 is 2.36 bits per heavy atom. The van der Waals surface area contributed by atoms with Crippen LogP contribution in [0.25, 0.3) is 0 Å². The summed E-state index contributed by atoms with van der Waals surface area (Å²) in [6.07, 6.45) is 2.54. The Labute approximate surface area is 196 Å². The highest BCUT2D eigenvalue weighted by Crippen LogP contribution is 2.43. The van der Waals surface area contributed by atoms with Crippen molar-refractivity contribution in [3.8, 4) is 0 Å². The maximum absolute atomic E-state index is 13.8. The number of likely N-dealkylation sites (N-methyl/N-ethyl adjacent to an activating group) is 1. The Morgan fingerprint density at radius 2 is 1.70 bits per heavy atom. The molecule has 2 amide bonds. The van der Waals surface area contributed by atoms with E-state index in [0.29, 0.717) is 13.1 Å². The van der Waals surface area contributed by atoms with E-state index in [9.17, 15) is 14.7 Å². The van der Waals surface area contributed by atoms with Gasteiger partial charge in [0.15, 0.2) is 0 Å². The molecule has 0 radical (unpaired) electrons. The monoisotopic (exact) mass is 449 g/mol. The molecule has 6 nitrogen and oxygen atoms in total. The van der Waals surface area contributed by atoms with Crippen molar-refractivity contribution in [2.75, 3.05) is 33.2 Å². The minimum Gasteiger partial charge on any atom is -0.465 e. The van der Waals surface area contributed by atoms with Crippen molar-refractivity contribution in [2.24, 2.45) is 5.92 Å². The summed E-state index contributed by atoms with van der Waals surface area (Å²) < 4.78 is 0. The van der Waals surface area contributed by atoms with Gasteiger partial charge in [0.05, 0.1) is 5.92 Å². The first kappa shape index (κ1) is 23.3. The van der Waals surface area contributed by atoms with Gasteiger partial charge in [-0.2, -0.15) is 0 Å². The second-order valence-corrected chi connectivity index (χ2v) is 9.40. The first-order valence-electron chi connectivity index (χ1n) is 12.1. The molecular weight excluding hydrogens is 414 g/mol. The zero-order valence-corrected chi connectivity index (χ0v) is 19.7. The van der Waals surface area contributed by atoms with Crippen LogP contribution in [-0.2, 0) is 16.8 Å². The molecule has 2 aromatic rings. The second-order valence-electron chi connectivity index (χ2n) is 9.40. The van der Waals surface area contributed by atoms with Crippen LogP contribution in [0.5, 0.6) is 0 Å². The zero-order valence-electron chi connectivity index (χ0n) is 19.7. The van der Waals surface area contributed by atoms with Gasteiger partial charge in [-0.3, -0.25) is 9.69 Å². The van der Waals surface area contributed by atoms with Gasteiger partial charge in [0.1, 0.15) is 0 Å². The van der Waals surface area contributed by atoms with Crippen LogP contribution < -0.4 is 5.32 Å². The predicted molar refractivity (Wildman–Crippen MR) is 129 cm³/mol. The molecule has 2 N–H and O–H groups in total. The fourth-order valence-electron chi connectivity index (χ4n) is 5.93. The maximum atomic E-state index is 13.8. The summed E-state index contributed by atoms with van der Waals surface area (Å²) in [5.41, 5.74) is 3.89. The summed E-state index contributed by atoms with van der Waals surface area (Å²) in [7, 11) is 2.20. The molecule has 2 unspecified atom stereocenters. The van der Waals surface area contributed by atoms with E-state index in [0.717, 1.165) is 37.8 Å². The van der Waals surface area contributed by atoms with Crippen molar-refractivity contribution >= 4 is 12.0 Å². The van der Waals surface area contributed by atoms with Crippen molar-refractivity contribution in [2.45, 2.75) is 44.1 Å². The third-order valence-corrected chi connectivity index (χ3v) is 7.81. The first-order valence-corrected chi connectivity index (χ1v) is 12.1. The van der Waals surface area contributed by atoms with Gasteiger partial charge in [-0.1, -0.05) is 61.5 Å². The number of piperidine rings is 1. The number of rotatable bonds is 6. The van der Waals surface area contributed by atoms with Crippen LogP contribution in [0.4, 0.5) is 4.79 Å². The number of benzene rings is 2. The molecule has 2 heterocycles. The van der Waals surface area contributed by atoms with E-state index >= 15 is 0 Å². The number of amides is 2. The molecule has 2 aliphatic rings. The molecule has 1 saturated heterocycles. The molecule has 2 atom stereocenters. The first-order chi connectivity index (χ1) is 16.0. The molecule has 0 bridgehead atoms. The number of carbonyl (C=O) groups excluding carboxylic acids is 1. The van der Waals surface area contributed by atoms with E-state index in [1.165, 1.54) is 11.1 Å². The molecule has 6 heteroatoms. The highest BCUT2D eigenvalue weighted by atomic mass is 16.4.